The Bertz CT molecular complexity index is 544. The van der Waals surface area contributed by atoms with Gasteiger partial charge in [-0.1, -0.05) is 20.8 Å². The van der Waals surface area contributed by atoms with E-state index in [0.29, 0.717) is 6.04 Å². The number of nitrogens with zero attached hydrogens (tertiary/aromatic N) is 2. The van der Waals surface area contributed by atoms with Gasteiger partial charge in [0.15, 0.2) is 5.65 Å². The molecule has 1 N–H and O–H groups in total. The van der Waals surface area contributed by atoms with Crippen molar-refractivity contribution in [2.45, 2.75) is 45.1 Å². The summed E-state index contributed by atoms with van der Waals surface area (Å²) in [4.78, 5) is 4.57. The lowest BCUT2D eigenvalue weighted by Gasteiger charge is -2.18. The second-order valence-corrected chi connectivity index (χ2v) is 5.93. The summed E-state index contributed by atoms with van der Waals surface area (Å²) in [6.45, 7) is 6.66. The number of anilines is 1. The van der Waals surface area contributed by atoms with Gasteiger partial charge in [-0.25, -0.2) is 4.98 Å². The quantitative estimate of drug-likeness (QED) is 0.856. The maximum absolute atomic E-state index is 4.57. The molecule has 0 aromatic carbocycles. The predicted molar refractivity (Wildman–Crippen MR) is 70.5 cm³/mol. The van der Waals surface area contributed by atoms with Crippen LogP contribution in [-0.4, -0.2) is 15.4 Å². The van der Waals surface area contributed by atoms with E-state index in [1.165, 1.54) is 18.5 Å². The number of hydrogen-bond acceptors (Lipinski definition) is 2. The molecule has 0 radical (unpaired) electrons. The Morgan fingerprint density at radius 1 is 1.35 bits per heavy atom. The van der Waals surface area contributed by atoms with Crippen molar-refractivity contribution in [3.8, 4) is 0 Å². The lowest BCUT2D eigenvalue weighted by Crippen LogP contribution is -2.14. The van der Waals surface area contributed by atoms with Crippen LogP contribution in [0.4, 0.5) is 5.69 Å². The molecule has 2 aromatic rings. The summed E-state index contributed by atoms with van der Waals surface area (Å²) in [6, 6.07) is 4.87. The summed E-state index contributed by atoms with van der Waals surface area (Å²) >= 11 is 0. The third-order valence-electron chi connectivity index (χ3n) is 3.24. The van der Waals surface area contributed by atoms with Gasteiger partial charge in [0.25, 0.3) is 0 Å². The molecule has 1 aliphatic rings. The zero-order valence-electron chi connectivity index (χ0n) is 10.7. The van der Waals surface area contributed by atoms with E-state index in [0.717, 1.165) is 11.3 Å². The zero-order chi connectivity index (χ0) is 12.0. The van der Waals surface area contributed by atoms with Gasteiger partial charge in [0.1, 0.15) is 0 Å². The third kappa shape index (κ3) is 1.90. The number of nitrogens with one attached hydrogen (secondary N) is 1. The van der Waals surface area contributed by atoms with E-state index in [2.05, 4.69) is 53.8 Å². The fourth-order valence-electron chi connectivity index (χ4n) is 2.13. The van der Waals surface area contributed by atoms with Gasteiger partial charge in [-0.2, -0.15) is 0 Å². The van der Waals surface area contributed by atoms with Crippen LogP contribution in [0.15, 0.2) is 24.5 Å². The van der Waals surface area contributed by atoms with Crippen LogP contribution in [-0.2, 0) is 5.41 Å². The number of hydrogen-bond donors (Lipinski definition) is 1. The van der Waals surface area contributed by atoms with Crippen LogP contribution < -0.4 is 5.32 Å². The maximum atomic E-state index is 4.57. The van der Waals surface area contributed by atoms with Crippen LogP contribution in [0.5, 0.6) is 0 Å². The van der Waals surface area contributed by atoms with Crippen molar-refractivity contribution >= 4 is 11.3 Å². The molecule has 0 unspecified atom stereocenters. The number of fused-ring (bicyclic) bond motifs is 1. The predicted octanol–water partition coefficient (Wildman–Crippen LogP) is 3.21. The summed E-state index contributed by atoms with van der Waals surface area (Å²) in [5.41, 5.74) is 3.58. The van der Waals surface area contributed by atoms with Gasteiger partial charge in [-0.15, -0.1) is 0 Å². The number of rotatable bonds is 2. The Morgan fingerprint density at radius 3 is 2.76 bits per heavy atom. The monoisotopic (exact) mass is 229 g/mol. The molecule has 2 aromatic heterocycles. The highest BCUT2D eigenvalue weighted by Gasteiger charge is 2.23. The molecule has 0 atom stereocenters. The van der Waals surface area contributed by atoms with E-state index in [1.807, 2.05) is 6.20 Å². The molecule has 2 heterocycles. The summed E-state index contributed by atoms with van der Waals surface area (Å²) < 4.78 is 2.20. The Morgan fingerprint density at radius 2 is 2.12 bits per heavy atom. The minimum Gasteiger partial charge on any atom is -0.379 e. The topological polar surface area (TPSA) is 29.3 Å². The highest BCUT2D eigenvalue weighted by atomic mass is 15.1. The average molecular weight is 229 g/mol. The largest absolute Gasteiger partial charge is 0.379 e. The van der Waals surface area contributed by atoms with E-state index in [4.69, 9.17) is 0 Å². The molecule has 0 aliphatic heterocycles. The van der Waals surface area contributed by atoms with Crippen molar-refractivity contribution in [3.05, 3.63) is 30.2 Å². The molecule has 17 heavy (non-hydrogen) atoms. The summed E-state index contributed by atoms with van der Waals surface area (Å²) in [6.07, 6.45) is 6.66. The van der Waals surface area contributed by atoms with Crippen LogP contribution in [0.1, 0.15) is 39.3 Å². The van der Waals surface area contributed by atoms with Crippen LogP contribution in [0, 0.1) is 0 Å². The van der Waals surface area contributed by atoms with Crippen LogP contribution in [0.3, 0.4) is 0 Å². The first kappa shape index (κ1) is 10.6. The van der Waals surface area contributed by atoms with Gasteiger partial charge in [0, 0.05) is 29.5 Å². The molecule has 90 valence electrons. The van der Waals surface area contributed by atoms with Crippen molar-refractivity contribution in [1.82, 2.24) is 9.38 Å². The first-order chi connectivity index (χ1) is 8.05. The molecular formula is C14H19N3. The van der Waals surface area contributed by atoms with Crippen LogP contribution in [0.25, 0.3) is 5.65 Å². The van der Waals surface area contributed by atoms with Crippen molar-refractivity contribution in [2.24, 2.45) is 0 Å². The van der Waals surface area contributed by atoms with E-state index >= 15 is 0 Å². The van der Waals surface area contributed by atoms with Crippen molar-refractivity contribution < 1.29 is 0 Å². The second kappa shape index (κ2) is 3.49. The molecular weight excluding hydrogens is 210 g/mol. The maximum Gasteiger partial charge on any atom is 0.160 e. The van der Waals surface area contributed by atoms with Crippen LogP contribution in [0.2, 0.25) is 0 Å². The summed E-state index contributed by atoms with van der Waals surface area (Å²) in [5.74, 6) is 0. The minimum absolute atomic E-state index is 0.123. The fraction of sp³-hybridized carbons (Fsp3) is 0.500. The summed E-state index contributed by atoms with van der Waals surface area (Å²) in [7, 11) is 0. The lowest BCUT2D eigenvalue weighted by atomic mass is 9.93. The molecule has 3 rings (SSSR count). The van der Waals surface area contributed by atoms with Crippen molar-refractivity contribution in [3.63, 3.8) is 0 Å². The molecule has 1 saturated carbocycles. The molecule has 0 spiro atoms. The van der Waals surface area contributed by atoms with Gasteiger partial charge in [0.2, 0.25) is 0 Å². The molecule has 3 nitrogen and oxygen atoms in total. The van der Waals surface area contributed by atoms with Crippen molar-refractivity contribution in [1.29, 1.82) is 0 Å². The normalized spacial score (nSPS) is 16.4. The zero-order valence-corrected chi connectivity index (χ0v) is 10.7. The van der Waals surface area contributed by atoms with Gasteiger partial charge in [-0.3, -0.25) is 0 Å². The number of aromatic nitrogens is 2. The average Bonchev–Trinajstić information content (AvgIpc) is 2.94. The smallest absolute Gasteiger partial charge is 0.160 e. The van der Waals surface area contributed by atoms with Gasteiger partial charge in [0.05, 0.1) is 5.69 Å². The Balaban J connectivity index is 2.10. The SMILES string of the molecule is CC(C)(C)c1cnc2c(NC3CC3)cccn12. The van der Waals surface area contributed by atoms with E-state index < -0.39 is 0 Å². The first-order valence-electron chi connectivity index (χ1n) is 6.29. The molecule has 0 saturated heterocycles. The number of imidazole rings is 1. The second-order valence-electron chi connectivity index (χ2n) is 5.93. The number of pyridine rings is 1. The van der Waals surface area contributed by atoms with E-state index in [-0.39, 0.29) is 5.41 Å². The summed E-state index contributed by atoms with van der Waals surface area (Å²) in [5, 5.41) is 3.54. The van der Waals surface area contributed by atoms with Crippen LogP contribution >= 0.6 is 0 Å². The lowest BCUT2D eigenvalue weighted by molar-refractivity contribution is 0.563. The van der Waals surface area contributed by atoms with Gasteiger partial charge >= 0.3 is 0 Å². The molecule has 1 aliphatic carbocycles. The third-order valence-corrected chi connectivity index (χ3v) is 3.24. The Labute approximate surface area is 102 Å². The van der Waals surface area contributed by atoms with E-state index in [1.54, 1.807) is 0 Å². The van der Waals surface area contributed by atoms with E-state index in [9.17, 15) is 0 Å². The molecule has 3 heteroatoms. The first-order valence-corrected chi connectivity index (χ1v) is 6.29. The molecule has 1 fully saturated rings. The highest BCUT2D eigenvalue weighted by Crippen LogP contribution is 2.29. The molecule has 0 amide bonds. The Hall–Kier alpha value is -1.51. The van der Waals surface area contributed by atoms with Gasteiger partial charge < -0.3 is 9.72 Å². The minimum atomic E-state index is 0.123. The Kier molecular flexibility index (Phi) is 2.18. The standard InChI is InChI=1S/C14H19N3/c1-14(2,3)12-9-15-13-11(16-10-6-7-10)5-4-8-17(12)13/h4-5,8-10,16H,6-7H2,1-3H3. The fourth-order valence-corrected chi connectivity index (χ4v) is 2.13. The van der Waals surface area contributed by atoms with Gasteiger partial charge in [-0.05, 0) is 25.0 Å². The highest BCUT2D eigenvalue weighted by molar-refractivity contribution is 5.68. The van der Waals surface area contributed by atoms with Crippen molar-refractivity contribution in [2.75, 3.05) is 5.32 Å². The molecule has 0 bridgehead atoms.